The van der Waals surface area contributed by atoms with Crippen LogP contribution < -0.4 is 29.4 Å². The fourth-order valence-electron chi connectivity index (χ4n) is 2.04. The van der Waals surface area contributed by atoms with Gasteiger partial charge in [-0.25, -0.2) is 20.1 Å². The monoisotopic (exact) mass is 642 g/mol. The molecule has 0 rings (SSSR count). The third kappa shape index (κ3) is 27.3. The Hall–Kier alpha value is 3.19. The third-order valence-corrected chi connectivity index (χ3v) is 13.8. The van der Waals surface area contributed by atoms with Crippen LogP contribution in [0, 0.1) is 23.7 Å². The van der Waals surface area contributed by atoms with E-state index >= 15 is 0 Å². The van der Waals surface area contributed by atoms with E-state index < -0.39 is 33.6 Å². The van der Waals surface area contributed by atoms with Crippen molar-refractivity contribution in [2.24, 2.45) is 23.7 Å². The first-order chi connectivity index (χ1) is 11.5. The maximum absolute atomic E-state index is 10.9. The van der Waals surface area contributed by atoms with Crippen LogP contribution in [0.15, 0.2) is 0 Å². The van der Waals surface area contributed by atoms with Crippen LogP contribution in [0.4, 0.5) is 0 Å². The smallest absolute Gasteiger partial charge is 0.848 e. The summed E-state index contributed by atoms with van der Waals surface area (Å²) in [6, 6.07) is 0. The largest absolute Gasteiger partial charge is 2.00 e. The van der Waals surface area contributed by atoms with Gasteiger partial charge in [0.05, 0.1) is 0 Å². The van der Waals surface area contributed by atoms with Gasteiger partial charge < -0.3 is 42.8 Å². The minimum absolute atomic E-state index is 0. The van der Waals surface area contributed by atoms with Gasteiger partial charge in [0.15, 0.2) is 0 Å². The molecular formula is C16H36O6P2S2Zn3. The first kappa shape index (κ1) is 42.4. The average Bonchev–Trinajstić information content (AvgIpc) is 2.33. The molecule has 0 aromatic heterocycles. The van der Waals surface area contributed by atoms with Gasteiger partial charge in [-0.1, -0.05) is 55.4 Å². The van der Waals surface area contributed by atoms with Crippen molar-refractivity contribution < 1.29 is 87.8 Å². The second-order valence-corrected chi connectivity index (χ2v) is 18.8. The van der Waals surface area contributed by atoms with Gasteiger partial charge in [0.1, 0.15) is 0 Å². The van der Waals surface area contributed by atoms with Gasteiger partial charge in [-0.15, -0.1) is 0 Å². The van der Waals surface area contributed by atoms with E-state index in [9.17, 15) is 29.4 Å². The Kier molecular flexibility index (Phi) is 30.0. The van der Waals surface area contributed by atoms with Crippen molar-refractivity contribution in [2.75, 3.05) is 23.0 Å². The molecule has 6 nitrogen and oxygen atoms in total. The van der Waals surface area contributed by atoms with Crippen LogP contribution in [0.2, 0.25) is 0 Å². The van der Waals surface area contributed by atoms with E-state index in [-0.39, 0.29) is 82.1 Å². The van der Waals surface area contributed by atoms with E-state index in [0.717, 1.165) is 0 Å². The minimum atomic E-state index is -4.36. The molecular weight excluding hydrogens is 610 g/mol. The van der Waals surface area contributed by atoms with Crippen molar-refractivity contribution in [2.45, 2.75) is 55.4 Å². The van der Waals surface area contributed by atoms with Gasteiger partial charge in [-0.2, -0.15) is 0 Å². The zero-order valence-electron chi connectivity index (χ0n) is 19.4. The standard InChI is InChI=1S/2C8H18O3PS.3Zn/c2*1-7(2)5-13(6-8(3)4)12(9,10)11;;;/h2*7-8H,5-6H2,1-4H3;;;/q2*-3;3*+2. The summed E-state index contributed by atoms with van der Waals surface area (Å²) in [6.07, 6.45) is 0. The molecule has 13 heteroatoms. The predicted octanol–water partition coefficient (Wildman–Crippen LogP) is -0.657. The summed E-state index contributed by atoms with van der Waals surface area (Å²) in [5, 5.41) is 0. The van der Waals surface area contributed by atoms with E-state index in [2.05, 4.69) is 0 Å². The molecule has 0 saturated heterocycles. The first-order valence-corrected chi connectivity index (χ1v) is 16.3. The molecule has 164 valence electrons. The van der Waals surface area contributed by atoms with Crippen molar-refractivity contribution in [1.29, 1.82) is 0 Å². The number of hydrogen-bond acceptors (Lipinski definition) is 6. The Balaban J connectivity index is -0.000000120. The predicted molar refractivity (Wildman–Crippen MR) is 107 cm³/mol. The van der Waals surface area contributed by atoms with E-state index in [0.29, 0.717) is 23.0 Å². The van der Waals surface area contributed by atoms with Crippen LogP contribution in [0.3, 0.4) is 0 Å². The van der Waals surface area contributed by atoms with E-state index in [1.807, 2.05) is 55.4 Å². The Labute approximate surface area is 221 Å². The molecule has 29 heavy (non-hydrogen) atoms. The fraction of sp³-hybridized carbons (Fsp3) is 1.00. The van der Waals surface area contributed by atoms with Crippen molar-refractivity contribution in [3.05, 3.63) is 0 Å². The Morgan fingerprint density at radius 2 is 0.586 bits per heavy atom. The Morgan fingerprint density at radius 1 is 0.448 bits per heavy atom. The summed E-state index contributed by atoms with van der Waals surface area (Å²) < 4.78 is 0. The van der Waals surface area contributed by atoms with Gasteiger partial charge >= 0.3 is 58.4 Å². The quantitative estimate of drug-likeness (QED) is 0.254. The van der Waals surface area contributed by atoms with Gasteiger partial charge in [0.25, 0.3) is 0 Å². The Bertz CT molecular complexity index is 434. The molecule has 0 aliphatic rings. The van der Waals surface area contributed by atoms with Gasteiger partial charge in [-0.3, -0.25) is 0 Å². The minimum Gasteiger partial charge on any atom is -0.848 e. The summed E-state index contributed by atoms with van der Waals surface area (Å²) in [4.78, 5) is 65.3. The van der Waals surface area contributed by atoms with Crippen molar-refractivity contribution in [3.8, 4) is 0 Å². The zero-order chi connectivity index (χ0) is 21.3. The molecule has 0 radical (unpaired) electrons. The molecule has 0 bridgehead atoms. The van der Waals surface area contributed by atoms with E-state index in [1.165, 1.54) is 0 Å². The van der Waals surface area contributed by atoms with Crippen LogP contribution in [0.5, 0.6) is 0 Å². The maximum Gasteiger partial charge on any atom is 2.00 e. The molecule has 0 unspecified atom stereocenters. The second kappa shape index (κ2) is 20.6. The molecule has 0 aliphatic carbocycles. The number of hydrogen-bond donors (Lipinski definition) is 0. The molecule has 0 heterocycles. The zero-order valence-corrected chi connectivity index (χ0v) is 31.7. The number of rotatable bonds is 8. The fourth-order valence-corrected chi connectivity index (χ4v) is 11.9. The first-order valence-electron chi connectivity index (χ1n) is 8.87. The summed E-state index contributed by atoms with van der Waals surface area (Å²) in [5.41, 5.74) is 0. The molecule has 0 atom stereocenters. The van der Waals surface area contributed by atoms with Crippen LogP contribution >= 0.6 is 13.4 Å². The molecule has 0 aliphatic heterocycles. The van der Waals surface area contributed by atoms with Crippen molar-refractivity contribution >= 4 is 33.6 Å². The normalized spacial score (nSPS) is 12.0. The van der Waals surface area contributed by atoms with Crippen LogP contribution in [-0.4, -0.2) is 23.0 Å². The molecule has 0 amide bonds. The van der Waals surface area contributed by atoms with Crippen LogP contribution in [0.1, 0.15) is 55.4 Å². The van der Waals surface area contributed by atoms with Crippen LogP contribution in [-0.2, 0) is 78.6 Å². The maximum atomic E-state index is 10.9. The molecule has 0 aromatic rings. The van der Waals surface area contributed by atoms with E-state index in [1.54, 1.807) is 0 Å². The van der Waals surface area contributed by atoms with E-state index in [4.69, 9.17) is 0 Å². The Morgan fingerprint density at radius 3 is 0.655 bits per heavy atom. The molecule has 0 aromatic carbocycles. The SMILES string of the molecule is CC(C)CS(CC(C)C)=P([O-])([O-])[O-].CC(C)CS(CC(C)C)=P([O-])([O-])[O-].[Zn+2].[Zn+2].[Zn+2]. The van der Waals surface area contributed by atoms with Gasteiger partial charge in [-0.05, 0) is 46.7 Å². The van der Waals surface area contributed by atoms with Gasteiger partial charge in [0, 0.05) is 0 Å². The van der Waals surface area contributed by atoms with Crippen molar-refractivity contribution in [3.63, 3.8) is 0 Å². The average molecular weight is 647 g/mol. The van der Waals surface area contributed by atoms with Crippen LogP contribution in [0.25, 0.3) is 0 Å². The third-order valence-electron chi connectivity index (χ3n) is 2.74. The summed E-state index contributed by atoms with van der Waals surface area (Å²) in [5.74, 6) is 3.17. The molecule has 0 fully saturated rings. The van der Waals surface area contributed by atoms with Crippen molar-refractivity contribution in [1.82, 2.24) is 0 Å². The molecule has 0 spiro atoms. The topological polar surface area (TPSA) is 138 Å². The second-order valence-electron chi connectivity index (χ2n) is 8.06. The van der Waals surface area contributed by atoms with Gasteiger partial charge in [0.2, 0.25) is 0 Å². The summed E-state index contributed by atoms with van der Waals surface area (Å²) in [6.45, 7) is 6.81. The molecule has 0 saturated carbocycles. The molecule has 0 N–H and O–H groups in total. The summed E-state index contributed by atoms with van der Waals surface area (Å²) >= 11 is 0. The summed E-state index contributed by atoms with van der Waals surface area (Å²) in [7, 11) is -1.92.